The second-order valence-electron chi connectivity index (χ2n) is 3.35. The Morgan fingerprint density at radius 2 is 1.11 bits per heavy atom. The Bertz CT molecular complexity index is 229. The topological polar surface area (TPSA) is 121 Å². The largest absolute Gasteiger partial charge is 0.343 e. The molecule has 0 heterocycles. The molecule has 0 saturated carbocycles. The first kappa shape index (κ1) is 28.8. The van der Waals surface area contributed by atoms with Crippen LogP contribution in [-0.2, 0) is 43.1 Å². The van der Waals surface area contributed by atoms with E-state index in [0.717, 1.165) is 12.3 Å². The van der Waals surface area contributed by atoms with E-state index < -0.39 is 13.4 Å². The maximum Gasteiger partial charge on any atom is 0.319 e. The third-order valence-electron chi connectivity index (χ3n) is 1.77. The summed E-state index contributed by atoms with van der Waals surface area (Å²) in [5.74, 6) is 0.937. The monoisotopic (exact) mass is 405 g/mol. The molecule has 0 aromatic heterocycles. The molecule has 0 aliphatic carbocycles. The smallest absolute Gasteiger partial charge is 0.319 e. The van der Waals surface area contributed by atoms with Crippen molar-refractivity contribution in [2.24, 2.45) is 5.92 Å². The molecular formula is C8H23O6P2S2Zn-. The molecule has 0 aliphatic heterocycles. The molecule has 6 N–H and O–H groups in total. The van der Waals surface area contributed by atoms with Gasteiger partial charge < -0.3 is 36.3 Å². The molecular weight excluding hydrogens is 384 g/mol. The van der Waals surface area contributed by atoms with Crippen molar-refractivity contribution in [3.05, 3.63) is 6.92 Å². The van der Waals surface area contributed by atoms with Crippen molar-refractivity contribution in [3.8, 4) is 0 Å². The van der Waals surface area contributed by atoms with E-state index in [9.17, 15) is 0 Å². The first-order valence-electron chi connectivity index (χ1n) is 5.20. The third-order valence-corrected chi connectivity index (χ3v) is 1.77. The molecule has 19 heavy (non-hydrogen) atoms. The van der Waals surface area contributed by atoms with Gasteiger partial charge in [0.05, 0.1) is 0 Å². The third kappa shape index (κ3) is 81.6. The number of hydrogen-bond donors (Lipinski definition) is 6. The molecule has 0 aromatic carbocycles. The fourth-order valence-electron chi connectivity index (χ4n) is 0.986. The van der Waals surface area contributed by atoms with E-state index in [2.05, 4.69) is 44.4 Å². The van der Waals surface area contributed by atoms with Crippen LogP contribution in [0.5, 0.6) is 0 Å². The average Bonchev–Trinajstić information content (AvgIpc) is 2.08. The van der Waals surface area contributed by atoms with Crippen LogP contribution in [0.25, 0.3) is 0 Å². The minimum Gasteiger partial charge on any atom is -0.343 e. The predicted molar refractivity (Wildman–Crippen MR) is 80.5 cm³/mol. The molecule has 0 unspecified atom stereocenters. The second-order valence-corrected chi connectivity index (χ2v) is 8.34. The molecule has 0 bridgehead atoms. The standard InChI is InChI=1S/C8H17.2H3O3PS.Zn/c1-4-7-8(5-2)6-3;2*1-4(2,3)5;/h8H,1,4-7H2,2-3H3;2*(H3,1,2,3,5);/q-1;;;. The van der Waals surface area contributed by atoms with Crippen LogP contribution < -0.4 is 0 Å². The van der Waals surface area contributed by atoms with Crippen molar-refractivity contribution in [1.82, 2.24) is 0 Å². The molecule has 0 fully saturated rings. The summed E-state index contributed by atoms with van der Waals surface area (Å²) in [4.78, 5) is 45.3. The molecule has 0 radical (unpaired) electrons. The maximum absolute atomic E-state index is 7.56. The van der Waals surface area contributed by atoms with Gasteiger partial charge in [0.1, 0.15) is 0 Å². The molecule has 0 atom stereocenters. The van der Waals surface area contributed by atoms with Crippen molar-refractivity contribution in [3.63, 3.8) is 0 Å². The number of rotatable bonds is 4. The Hall–Kier alpha value is 1.68. The molecule has 116 valence electrons. The molecule has 0 saturated heterocycles. The van der Waals surface area contributed by atoms with Crippen molar-refractivity contribution in [2.75, 3.05) is 0 Å². The first-order valence-corrected chi connectivity index (χ1v) is 10.5. The second kappa shape index (κ2) is 16.1. The number of hydrogen-bond acceptors (Lipinski definition) is 2. The van der Waals surface area contributed by atoms with Crippen LogP contribution in [0.2, 0.25) is 0 Å². The van der Waals surface area contributed by atoms with Gasteiger partial charge in [0, 0.05) is 19.5 Å². The van der Waals surface area contributed by atoms with Crippen LogP contribution in [0.3, 0.4) is 0 Å². The molecule has 6 nitrogen and oxygen atoms in total. The van der Waals surface area contributed by atoms with Gasteiger partial charge in [0.15, 0.2) is 0 Å². The maximum atomic E-state index is 7.56. The van der Waals surface area contributed by atoms with E-state index in [4.69, 9.17) is 29.4 Å². The summed E-state index contributed by atoms with van der Waals surface area (Å²) >= 11 is 7.21. The van der Waals surface area contributed by atoms with Crippen LogP contribution in [-0.4, -0.2) is 29.4 Å². The van der Waals surface area contributed by atoms with Crippen molar-refractivity contribution >= 4 is 37.1 Å². The Labute approximate surface area is 138 Å². The molecule has 0 rings (SSSR count). The van der Waals surface area contributed by atoms with Crippen molar-refractivity contribution < 1.29 is 48.8 Å². The zero-order valence-corrected chi connectivity index (χ0v) is 17.6. The molecule has 0 spiro atoms. The Morgan fingerprint density at radius 1 is 0.895 bits per heavy atom. The SMILES string of the molecule is OP(O)(O)=S.OP(O)(O)=S.[CH2-]CCC(CC)CC.[Zn]. The summed E-state index contributed by atoms with van der Waals surface area (Å²) in [6.07, 6.45) is 5.07. The van der Waals surface area contributed by atoms with Gasteiger partial charge >= 0.3 is 13.4 Å². The van der Waals surface area contributed by atoms with E-state index in [1.165, 1.54) is 19.3 Å². The first-order chi connectivity index (χ1) is 7.85. The van der Waals surface area contributed by atoms with Gasteiger partial charge in [-0.05, 0) is 29.5 Å². The Balaban J connectivity index is -0.0000000906. The van der Waals surface area contributed by atoms with Gasteiger partial charge in [0.2, 0.25) is 0 Å². The predicted octanol–water partition coefficient (Wildman–Crippen LogP) is 1.41. The fourth-order valence-corrected chi connectivity index (χ4v) is 0.986. The van der Waals surface area contributed by atoms with Crippen LogP contribution in [0.4, 0.5) is 0 Å². The normalized spacial score (nSPS) is 10.6. The summed E-state index contributed by atoms with van der Waals surface area (Å²) in [5, 5.41) is 0. The van der Waals surface area contributed by atoms with Gasteiger partial charge in [-0.2, -0.15) is 6.42 Å². The van der Waals surface area contributed by atoms with Gasteiger partial charge in [-0.3, -0.25) is 0 Å². The molecule has 0 aliphatic rings. The summed E-state index contributed by atoms with van der Waals surface area (Å²) in [6, 6.07) is 0. The zero-order valence-electron chi connectivity index (χ0n) is 11.2. The van der Waals surface area contributed by atoms with Crippen molar-refractivity contribution in [1.29, 1.82) is 0 Å². The Morgan fingerprint density at radius 3 is 1.16 bits per heavy atom. The van der Waals surface area contributed by atoms with Gasteiger partial charge in [0.25, 0.3) is 0 Å². The van der Waals surface area contributed by atoms with Crippen molar-refractivity contribution in [2.45, 2.75) is 39.5 Å². The quantitative estimate of drug-likeness (QED) is 0.235. The van der Waals surface area contributed by atoms with E-state index >= 15 is 0 Å². The van der Waals surface area contributed by atoms with E-state index in [-0.39, 0.29) is 19.5 Å². The van der Waals surface area contributed by atoms with E-state index in [0.29, 0.717) is 0 Å². The van der Waals surface area contributed by atoms with Crippen LogP contribution >= 0.6 is 13.4 Å². The van der Waals surface area contributed by atoms with Crippen LogP contribution in [0.1, 0.15) is 39.5 Å². The summed E-state index contributed by atoms with van der Waals surface area (Å²) in [7, 11) is 0. The molecule has 11 heteroatoms. The van der Waals surface area contributed by atoms with Gasteiger partial charge in [-0.25, -0.2) is 0 Å². The summed E-state index contributed by atoms with van der Waals surface area (Å²) in [5.41, 5.74) is 0. The minimum atomic E-state index is -3.81. The van der Waals surface area contributed by atoms with Crippen LogP contribution in [0.15, 0.2) is 0 Å². The van der Waals surface area contributed by atoms with Gasteiger partial charge in [-0.1, -0.05) is 33.1 Å². The molecule has 0 amide bonds. The Kier molecular flexibility index (Phi) is 24.3. The zero-order chi connectivity index (χ0) is 15.4. The summed E-state index contributed by atoms with van der Waals surface area (Å²) in [6.45, 7) is 0.718. The van der Waals surface area contributed by atoms with E-state index in [1.54, 1.807) is 0 Å². The van der Waals surface area contributed by atoms with Crippen LogP contribution in [0, 0.1) is 12.8 Å². The average molecular weight is 407 g/mol. The van der Waals surface area contributed by atoms with E-state index in [1.807, 2.05) is 0 Å². The summed E-state index contributed by atoms with van der Waals surface area (Å²) < 4.78 is 0. The van der Waals surface area contributed by atoms with Gasteiger partial charge in [-0.15, -0.1) is 0 Å². The molecule has 0 aromatic rings. The minimum absolute atomic E-state index is 0. The fraction of sp³-hybridized carbons (Fsp3) is 0.875.